The average Bonchev–Trinajstić information content (AvgIpc) is 2.05. The number of hydrogen-bond acceptors (Lipinski definition) is 1. The maximum Gasteiger partial charge on any atom is 0.0118 e. The molecule has 0 spiro atoms. The molecule has 1 saturated carbocycles. The van der Waals surface area contributed by atoms with E-state index in [0.29, 0.717) is 10.8 Å². The normalized spacial score (nSPS) is 26.6. The molecule has 0 heterocycles. The summed E-state index contributed by atoms with van der Waals surface area (Å²) < 4.78 is 0. The summed E-state index contributed by atoms with van der Waals surface area (Å²) in [6.45, 7) is 13.0. The summed E-state index contributed by atoms with van der Waals surface area (Å²) >= 11 is 0. The molecule has 1 N–H and O–H groups in total. The minimum Gasteiger partial charge on any atom is -0.313 e. The fraction of sp³-hybridized carbons (Fsp3) is 1.00. The Morgan fingerprint density at radius 3 is 2.40 bits per heavy atom. The van der Waals surface area contributed by atoms with Crippen LogP contribution in [0.25, 0.3) is 0 Å². The monoisotopic (exact) mass is 211 g/mol. The van der Waals surface area contributed by atoms with E-state index < -0.39 is 0 Å². The van der Waals surface area contributed by atoms with Crippen molar-refractivity contribution in [2.45, 2.75) is 72.8 Å². The molecule has 0 saturated heterocycles. The van der Waals surface area contributed by atoms with Gasteiger partial charge in [0.2, 0.25) is 0 Å². The molecular weight excluding hydrogens is 182 g/mol. The maximum absolute atomic E-state index is 3.77. The summed E-state index contributed by atoms with van der Waals surface area (Å²) in [7, 11) is 0. The van der Waals surface area contributed by atoms with Gasteiger partial charge in [0.25, 0.3) is 0 Å². The Hall–Kier alpha value is -0.0400. The van der Waals surface area contributed by atoms with Gasteiger partial charge >= 0.3 is 0 Å². The lowest BCUT2D eigenvalue weighted by Gasteiger charge is -2.39. The second-order valence-corrected chi connectivity index (χ2v) is 7.05. The van der Waals surface area contributed by atoms with Crippen LogP contribution >= 0.6 is 0 Å². The van der Waals surface area contributed by atoms with Gasteiger partial charge < -0.3 is 5.32 Å². The van der Waals surface area contributed by atoms with Gasteiger partial charge in [-0.2, -0.15) is 0 Å². The standard InChI is InChI=1S/C14H29N/c1-13(2,3)10-11-15-12-8-6-7-9-14(12,4)5/h12,15H,6-11H2,1-5H3. The molecule has 1 rings (SSSR count). The van der Waals surface area contributed by atoms with Crippen LogP contribution in [0.3, 0.4) is 0 Å². The summed E-state index contributed by atoms with van der Waals surface area (Å²) in [6, 6.07) is 0.744. The van der Waals surface area contributed by atoms with E-state index in [0.717, 1.165) is 6.04 Å². The molecule has 0 radical (unpaired) electrons. The van der Waals surface area contributed by atoms with Crippen molar-refractivity contribution in [3.63, 3.8) is 0 Å². The molecule has 1 heteroatoms. The van der Waals surface area contributed by atoms with Crippen LogP contribution in [-0.4, -0.2) is 12.6 Å². The van der Waals surface area contributed by atoms with Gasteiger partial charge in [0.1, 0.15) is 0 Å². The predicted molar refractivity (Wildman–Crippen MR) is 68.1 cm³/mol. The van der Waals surface area contributed by atoms with Gasteiger partial charge in [-0.3, -0.25) is 0 Å². The third-order valence-corrected chi connectivity index (χ3v) is 3.77. The topological polar surface area (TPSA) is 12.0 Å². The van der Waals surface area contributed by atoms with Crippen LogP contribution in [0.1, 0.15) is 66.7 Å². The smallest absolute Gasteiger partial charge is 0.0118 e. The van der Waals surface area contributed by atoms with Crippen LogP contribution in [0.5, 0.6) is 0 Å². The summed E-state index contributed by atoms with van der Waals surface area (Å²) in [5.41, 5.74) is 0.974. The van der Waals surface area contributed by atoms with Crippen LogP contribution in [0, 0.1) is 10.8 Å². The van der Waals surface area contributed by atoms with Crippen LogP contribution in [-0.2, 0) is 0 Å². The highest BCUT2D eigenvalue weighted by Crippen LogP contribution is 2.35. The first-order valence-corrected chi connectivity index (χ1v) is 6.55. The van der Waals surface area contributed by atoms with Crippen molar-refractivity contribution in [2.24, 2.45) is 10.8 Å². The zero-order valence-corrected chi connectivity index (χ0v) is 11.3. The Balaban J connectivity index is 2.31. The molecular formula is C14H29N. The van der Waals surface area contributed by atoms with Crippen LogP contribution in [0.4, 0.5) is 0 Å². The fourth-order valence-corrected chi connectivity index (χ4v) is 2.49. The first-order valence-electron chi connectivity index (χ1n) is 6.55. The maximum atomic E-state index is 3.77. The van der Waals surface area contributed by atoms with Gasteiger partial charge in [0, 0.05) is 6.04 Å². The zero-order valence-electron chi connectivity index (χ0n) is 11.3. The van der Waals surface area contributed by atoms with Gasteiger partial charge in [-0.1, -0.05) is 47.5 Å². The van der Waals surface area contributed by atoms with Crippen molar-refractivity contribution in [3.05, 3.63) is 0 Å². The first-order chi connectivity index (χ1) is 6.81. The van der Waals surface area contributed by atoms with Gasteiger partial charge in [-0.15, -0.1) is 0 Å². The molecule has 0 aromatic carbocycles. The Morgan fingerprint density at radius 2 is 1.87 bits per heavy atom. The molecule has 90 valence electrons. The van der Waals surface area contributed by atoms with Crippen molar-refractivity contribution in [3.8, 4) is 0 Å². The highest BCUT2D eigenvalue weighted by atomic mass is 14.9. The van der Waals surface area contributed by atoms with Crippen molar-refractivity contribution in [2.75, 3.05) is 6.54 Å². The molecule has 1 fully saturated rings. The summed E-state index contributed by atoms with van der Waals surface area (Å²) in [5.74, 6) is 0. The van der Waals surface area contributed by atoms with E-state index in [4.69, 9.17) is 0 Å². The van der Waals surface area contributed by atoms with Crippen LogP contribution < -0.4 is 5.32 Å². The van der Waals surface area contributed by atoms with Gasteiger partial charge in [0.15, 0.2) is 0 Å². The summed E-state index contributed by atoms with van der Waals surface area (Å²) in [6.07, 6.45) is 6.87. The Bertz CT molecular complexity index is 188. The number of rotatable bonds is 3. The lowest BCUT2D eigenvalue weighted by molar-refractivity contribution is 0.163. The quantitative estimate of drug-likeness (QED) is 0.744. The van der Waals surface area contributed by atoms with E-state index in [1.165, 1.54) is 38.6 Å². The average molecular weight is 211 g/mol. The van der Waals surface area contributed by atoms with E-state index >= 15 is 0 Å². The molecule has 1 nitrogen and oxygen atoms in total. The third-order valence-electron chi connectivity index (χ3n) is 3.77. The SMILES string of the molecule is CC(C)(C)CCNC1CCCCC1(C)C. The second-order valence-electron chi connectivity index (χ2n) is 7.05. The molecule has 0 aliphatic heterocycles. The molecule has 15 heavy (non-hydrogen) atoms. The summed E-state index contributed by atoms with van der Waals surface area (Å²) in [5, 5.41) is 3.77. The van der Waals surface area contributed by atoms with Crippen LogP contribution in [0.2, 0.25) is 0 Å². The molecule has 0 aromatic rings. The minimum atomic E-state index is 0.464. The summed E-state index contributed by atoms with van der Waals surface area (Å²) in [4.78, 5) is 0. The lowest BCUT2D eigenvalue weighted by atomic mass is 9.73. The van der Waals surface area contributed by atoms with Gasteiger partial charge in [0.05, 0.1) is 0 Å². The predicted octanol–water partition coefficient (Wildman–Crippen LogP) is 3.98. The third kappa shape index (κ3) is 4.55. The van der Waals surface area contributed by atoms with Crippen molar-refractivity contribution in [1.29, 1.82) is 0 Å². The van der Waals surface area contributed by atoms with Crippen molar-refractivity contribution >= 4 is 0 Å². The Morgan fingerprint density at radius 1 is 1.20 bits per heavy atom. The fourth-order valence-electron chi connectivity index (χ4n) is 2.49. The second kappa shape index (κ2) is 4.86. The molecule has 1 atom stereocenters. The zero-order chi connectivity index (χ0) is 11.5. The first kappa shape index (κ1) is 13.0. The molecule has 0 bridgehead atoms. The van der Waals surface area contributed by atoms with Crippen molar-refractivity contribution < 1.29 is 0 Å². The molecule has 1 aliphatic rings. The molecule has 1 aliphatic carbocycles. The number of hydrogen-bond donors (Lipinski definition) is 1. The van der Waals surface area contributed by atoms with E-state index in [-0.39, 0.29) is 0 Å². The molecule has 0 amide bonds. The molecule has 1 unspecified atom stereocenters. The van der Waals surface area contributed by atoms with E-state index in [9.17, 15) is 0 Å². The lowest BCUT2D eigenvalue weighted by Crippen LogP contribution is -2.44. The Kier molecular flexibility index (Phi) is 4.22. The van der Waals surface area contributed by atoms with E-state index in [2.05, 4.69) is 39.9 Å². The largest absolute Gasteiger partial charge is 0.313 e. The van der Waals surface area contributed by atoms with Crippen LogP contribution in [0.15, 0.2) is 0 Å². The van der Waals surface area contributed by atoms with E-state index in [1.807, 2.05) is 0 Å². The Labute approximate surface area is 96.0 Å². The minimum absolute atomic E-state index is 0.464. The van der Waals surface area contributed by atoms with E-state index in [1.54, 1.807) is 0 Å². The van der Waals surface area contributed by atoms with Gasteiger partial charge in [-0.25, -0.2) is 0 Å². The number of nitrogens with one attached hydrogen (secondary N) is 1. The van der Waals surface area contributed by atoms with Crippen molar-refractivity contribution in [1.82, 2.24) is 5.32 Å². The highest BCUT2D eigenvalue weighted by Gasteiger charge is 2.31. The highest BCUT2D eigenvalue weighted by molar-refractivity contribution is 4.87. The molecule has 0 aromatic heterocycles. The van der Waals surface area contributed by atoms with Gasteiger partial charge in [-0.05, 0) is 36.6 Å².